The van der Waals surface area contributed by atoms with Crippen LogP contribution in [0.2, 0.25) is 5.15 Å². The topological polar surface area (TPSA) is 86.3 Å². The monoisotopic (exact) mass is 614 g/mol. The average Bonchev–Trinajstić information content (AvgIpc) is 3.60. The molecule has 2 aromatic carbocycles. The van der Waals surface area contributed by atoms with Gasteiger partial charge in [-0.1, -0.05) is 29.8 Å². The van der Waals surface area contributed by atoms with Crippen LogP contribution in [-0.4, -0.2) is 37.3 Å². The Morgan fingerprint density at radius 1 is 1.14 bits per heavy atom. The third-order valence-corrected chi connectivity index (χ3v) is 9.33. The zero-order valence-corrected chi connectivity index (χ0v) is 26.0. The predicted octanol–water partition coefficient (Wildman–Crippen LogP) is 6.49. The van der Waals surface area contributed by atoms with Crippen LogP contribution in [0.15, 0.2) is 65.0 Å². The van der Waals surface area contributed by atoms with Crippen molar-refractivity contribution in [2.24, 2.45) is 0 Å². The molecule has 0 spiro atoms. The predicted molar refractivity (Wildman–Crippen MR) is 174 cm³/mol. The molecule has 7 rings (SSSR count). The highest BCUT2D eigenvalue weighted by atomic mass is 35.5. The number of rotatable bonds is 7. The van der Waals surface area contributed by atoms with Crippen LogP contribution in [0.3, 0.4) is 0 Å². The lowest BCUT2D eigenvalue weighted by molar-refractivity contribution is 0.301. The number of ether oxygens (including phenoxy) is 1. The molecule has 4 heterocycles. The van der Waals surface area contributed by atoms with Crippen molar-refractivity contribution in [3.8, 4) is 28.1 Å². The molecule has 0 saturated heterocycles. The number of pyridine rings is 1. The molecule has 1 saturated carbocycles. The summed E-state index contributed by atoms with van der Waals surface area (Å²) in [5, 5.41) is 12.3. The van der Waals surface area contributed by atoms with E-state index in [1.807, 2.05) is 61.1 Å². The van der Waals surface area contributed by atoms with Gasteiger partial charge in [-0.2, -0.15) is 5.10 Å². The summed E-state index contributed by atoms with van der Waals surface area (Å²) < 4.78 is 9.55. The van der Waals surface area contributed by atoms with E-state index in [1.54, 1.807) is 9.78 Å². The molecule has 8 nitrogen and oxygen atoms in total. The van der Waals surface area contributed by atoms with Crippen molar-refractivity contribution in [1.29, 1.82) is 0 Å². The maximum atomic E-state index is 14.0. The summed E-state index contributed by atoms with van der Waals surface area (Å²) in [5.74, 6) is 1.58. The van der Waals surface area contributed by atoms with Crippen LogP contribution in [-0.2, 0) is 0 Å². The first-order valence-electron chi connectivity index (χ1n) is 13.7. The minimum Gasteiger partial charge on any atom is -0.490 e. The number of thiazole rings is 1. The number of halogens is 1. The standard InChI is InChI=1S/C31H28ClN6O2PS/c1-16-11-19(7-10-23(16)40-20-8-9-20)28-27-29(33-3)34-15-35-30(27)38(36-28)17(2)22-13-25-37(24(32)14-42-25)31(39)26(22)18-5-4-6-21(41)12-18/h4-7,10-15,17,20H,8-9,41H2,1-3H3,(H,33,34,35)/t17-/m0/s1. The first-order chi connectivity index (χ1) is 20.3. The molecular formula is C31H28ClN6O2PS. The Morgan fingerprint density at radius 3 is 2.71 bits per heavy atom. The summed E-state index contributed by atoms with van der Waals surface area (Å²) in [6, 6.07) is 15.7. The summed E-state index contributed by atoms with van der Waals surface area (Å²) in [4.78, 5) is 24.0. The molecule has 0 radical (unpaired) electrons. The smallest absolute Gasteiger partial charge is 0.265 e. The van der Waals surface area contributed by atoms with Crippen molar-refractivity contribution in [3.63, 3.8) is 0 Å². The fraction of sp³-hybridized carbons (Fsp3) is 0.226. The number of nitrogens with one attached hydrogen (secondary N) is 1. The van der Waals surface area contributed by atoms with Crippen molar-refractivity contribution < 1.29 is 4.74 Å². The van der Waals surface area contributed by atoms with Gasteiger partial charge in [0.05, 0.1) is 23.1 Å². The molecule has 4 aromatic heterocycles. The largest absolute Gasteiger partial charge is 0.490 e. The van der Waals surface area contributed by atoms with Gasteiger partial charge in [0.2, 0.25) is 0 Å². The first-order valence-corrected chi connectivity index (χ1v) is 15.5. The second-order valence-electron chi connectivity index (χ2n) is 10.6. The van der Waals surface area contributed by atoms with Gasteiger partial charge < -0.3 is 10.1 Å². The Labute approximate surface area is 253 Å². The van der Waals surface area contributed by atoms with Gasteiger partial charge in [0, 0.05) is 18.0 Å². The Morgan fingerprint density at radius 2 is 1.98 bits per heavy atom. The second-order valence-corrected chi connectivity index (χ2v) is 12.5. The molecule has 1 aliphatic carbocycles. The molecule has 0 amide bonds. The molecule has 42 heavy (non-hydrogen) atoms. The molecular weight excluding hydrogens is 587 g/mol. The van der Waals surface area contributed by atoms with Crippen LogP contribution in [0.5, 0.6) is 5.75 Å². The van der Waals surface area contributed by atoms with E-state index >= 15 is 0 Å². The van der Waals surface area contributed by atoms with Gasteiger partial charge in [-0.3, -0.25) is 9.20 Å². The normalized spacial score (nSPS) is 14.0. The van der Waals surface area contributed by atoms with E-state index in [4.69, 9.17) is 26.4 Å². The zero-order chi connectivity index (χ0) is 29.1. The highest BCUT2D eigenvalue weighted by molar-refractivity contribution is 7.27. The maximum Gasteiger partial charge on any atom is 0.265 e. The lowest BCUT2D eigenvalue weighted by Gasteiger charge is -2.18. The number of aryl methyl sites for hydroxylation is 1. The number of anilines is 1. The van der Waals surface area contributed by atoms with Gasteiger partial charge in [-0.25, -0.2) is 14.6 Å². The highest BCUT2D eigenvalue weighted by Crippen LogP contribution is 2.38. The van der Waals surface area contributed by atoms with E-state index in [1.165, 1.54) is 17.7 Å². The minimum atomic E-state index is -0.346. The summed E-state index contributed by atoms with van der Waals surface area (Å²) in [7, 11) is 4.55. The number of benzene rings is 2. The van der Waals surface area contributed by atoms with Gasteiger partial charge in [-0.05, 0) is 79.0 Å². The van der Waals surface area contributed by atoms with Gasteiger partial charge in [0.1, 0.15) is 33.6 Å². The van der Waals surface area contributed by atoms with E-state index < -0.39 is 0 Å². The summed E-state index contributed by atoms with van der Waals surface area (Å²) in [6.45, 7) is 4.10. The van der Waals surface area contributed by atoms with Crippen molar-refractivity contribution in [3.05, 3.63) is 86.9 Å². The molecule has 212 valence electrons. The molecule has 2 atom stereocenters. The van der Waals surface area contributed by atoms with Crippen molar-refractivity contribution in [2.75, 3.05) is 12.4 Å². The van der Waals surface area contributed by atoms with Crippen LogP contribution in [0.25, 0.3) is 38.2 Å². The lowest BCUT2D eigenvalue weighted by atomic mass is 9.97. The zero-order valence-electron chi connectivity index (χ0n) is 23.3. The Hall–Kier alpha value is -3.78. The van der Waals surface area contributed by atoms with Gasteiger partial charge in [0.25, 0.3) is 5.56 Å². The quantitative estimate of drug-likeness (QED) is 0.207. The fourth-order valence-electron chi connectivity index (χ4n) is 5.43. The van der Waals surface area contributed by atoms with Crippen LogP contribution >= 0.6 is 32.2 Å². The van der Waals surface area contributed by atoms with Crippen LogP contribution in [0, 0.1) is 6.92 Å². The van der Waals surface area contributed by atoms with Crippen molar-refractivity contribution in [1.82, 2.24) is 24.1 Å². The van der Waals surface area contributed by atoms with Crippen LogP contribution < -0.4 is 20.9 Å². The van der Waals surface area contributed by atoms with E-state index in [0.717, 1.165) is 62.1 Å². The van der Waals surface area contributed by atoms with Crippen molar-refractivity contribution >= 4 is 59.2 Å². The number of fused-ring (bicyclic) bond motifs is 2. The van der Waals surface area contributed by atoms with Crippen molar-refractivity contribution in [2.45, 2.75) is 38.8 Å². The first kappa shape index (κ1) is 27.1. The SMILES string of the molecule is CNc1ncnc2c1c(-c1ccc(OC3CC3)c(C)c1)nn2[C@@H](C)c1cc2scc(Cl)n2c(=O)c1-c1cccc(P)c1. The molecule has 1 unspecified atom stereocenters. The summed E-state index contributed by atoms with van der Waals surface area (Å²) in [6.07, 6.45) is 4.07. The molecule has 0 bridgehead atoms. The Balaban J connectivity index is 1.45. The summed E-state index contributed by atoms with van der Waals surface area (Å²) >= 11 is 7.91. The van der Waals surface area contributed by atoms with Gasteiger partial charge in [-0.15, -0.1) is 20.6 Å². The average molecular weight is 615 g/mol. The third kappa shape index (κ3) is 4.56. The van der Waals surface area contributed by atoms with E-state index in [0.29, 0.717) is 28.3 Å². The fourth-order valence-corrected chi connectivity index (χ4v) is 6.88. The highest BCUT2D eigenvalue weighted by Gasteiger charge is 2.27. The molecule has 11 heteroatoms. The van der Waals surface area contributed by atoms with E-state index in [9.17, 15) is 4.79 Å². The molecule has 6 aromatic rings. The number of hydrogen-bond acceptors (Lipinski definition) is 7. The van der Waals surface area contributed by atoms with Gasteiger partial charge in [0.15, 0.2) is 5.65 Å². The summed E-state index contributed by atoms with van der Waals surface area (Å²) in [5.41, 5.74) is 5.47. The van der Waals surface area contributed by atoms with Crippen LogP contribution in [0.4, 0.5) is 5.82 Å². The minimum absolute atomic E-state index is 0.166. The molecule has 0 aliphatic heterocycles. The maximum absolute atomic E-state index is 14.0. The Bertz CT molecular complexity index is 2060. The Kier molecular flexibility index (Phi) is 6.76. The lowest BCUT2D eigenvalue weighted by Crippen LogP contribution is -2.21. The number of nitrogens with zero attached hydrogens (tertiary/aromatic N) is 5. The third-order valence-electron chi connectivity index (χ3n) is 7.68. The molecule has 1 N–H and O–H groups in total. The van der Waals surface area contributed by atoms with Crippen LogP contribution in [0.1, 0.15) is 36.9 Å². The van der Waals surface area contributed by atoms with E-state index in [2.05, 4.69) is 32.5 Å². The number of hydrogen-bond donors (Lipinski definition) is 1. The molecule has 1 aliphatic rings. The van der Waals surface area contributed by atoms with E-state index in [-0.39, 0.29) is 11.6 Å². The molecule has 1 fully saturated rings. The second kappa shape index (κ2) is 10.5. The number of aromatic nitrogens is 5. The van der Waals surface area contributed by atoms with Gasteiger partial charge >= 0.3 is 0 Å².